The Bertz CT molecular complexity index is 616. The van der Waals surface area contributed by atoms with Crippen molar-refractivity contribution in [1.82, 2.24) is 10.6 Å². The Morgan fingerprint density at radius 2 is 1.62 bits per heavy atom. The zero-order valence-corrected chi connectivity index (χ0v) is 13.2. The molecule has 0 aliphatic rings. The predicted molar refractivity (Wildman–Crippen MR) is 88.2 cm³/mol. The monoisotopic (exact) mass is 284 g/mol. The highest BCUT2D eigenvalue weighted by molar-refractivity contribution is 5.86. The Kier molecular flexibility index (Phi) is 4.97. The lowest BCUT2D eigenvalue weighted by Gasteiger charge is -2.22. The van der Waals surface area contributed by atoms with E-state index in [4.69, 9.17) is 0 Å². The summed E-state index contributed by atoms with van der Waals surface area (Å²) in [7, 11) is 0. The summed E-state index contributed by atoms with van der Waals surface area (Å²) in [4.78, 5) is 12.0. The third-order valence-corrected chi connectivity index (χ3v) is 3.61. The van der Waals surface area contributed by atoms with Crippen LogP contribution in [0.1, 0.15) is 39.3 Å². The molecule has 0 saturated carbocycles. The van der Waals surface area contributed by atoms with Crippen LogP contribution in [0.15, 0.2) is 42.5 Å². The Hall–Kier alpha value is -1.87. The second-order valence-corrected chi connectivity index (χ2v) is 5.84. The summed E-state index contributed by atoms with van der Waals surface area (Å²) in [5.74, 6) is 0.0390. The van der Waals surface area contributed by atoms with Crippen molar-refractivity contribution < 1.29 is 4.79 Å². The van der Waals surface area contributed by atoms with E-state index in [0.717, 1.165) is 0 Å². The number of rotatable bonds is 5. The Morgan fingerprint density at radius 1 is 0.952 bits per heavy atom. The van der Waals surface area contributed by atoms with Gasteiger partial charge in [0, 0.05) is 12.1 Å². The molecule has 0 fully saturated rings. The van der Waals surface area contributed by atoms with Crippen LogP contribution in [0.5, 0.6) is 0 Å². The van der Waals surface area contributed by atoms with Crippen LogP contribution in [0.3, 0.4) is 0 Å². The second kappa shape index (κ2) is 6.72. The van der Waals surface area contributed by atoms with Crippen LogP contribution in [0.25, 0.3) is 10.8 Å². The highest BCUT2D eigenvalue weighted by atomic mass is 16.2. The average molecular weight is 284 g/mol. The Morgan fingerprint density at radius 3 is 2.33 bits per heavy atom. The maximum atomic E-state index is 12.0. The van der Waals surface area contributed by atoms with E-state index in [2.05, 4.69) is 47.9 Å². The van der Waals surface area contributed by atoms with Crippen molar-refractivity contribution in [3.05, 3.63) is 48.0 Å². The van der Waals surface area contributed by atoms with Gasteiger partial charge in [-0.3, -0.25) is 10.1 Å². The van der Waals surface area contributed by atoms with Crippen molar-refractivity contribution in [3.8, 4) is 0 Å². The molecule has 1 amide bonds. The lowest BCUT2D eigenvalue weighted by atomic mass is 9.99. The summed E-state index contributed by atoms with van der Waals surface area (Å²) in [6, 6.07) is 14.7. The van der Waals surface area contributed by atoms with Gasteiger partial charge in [0.2, 0.25) is 5.91 Å². The van der Waals surface area contributed by atoms with Crippen molar-refractivity contribution in [2.45, 2.75) is 45.8 Å². The average Bonchev–Trinajstić information content (AvgIpc) is 2.45. The van der Waals surface area contributed by atoms with Gasteiger partial charge < -0.3 is 5.32 Å². The van der Waals surface area contributed by atoms with Crippen LogP contribution < -0.4 is 10.6 Å². The molecule has 3 nitrogen and oxygen atoms in total. The summed E-state index contributed by atoms with van der Waals surface area (Å²) >= 11 is 0. The minimum atomic E-state index is -0.221. The molecule has 2 N–H and O–H groups in total. The fourth-order valence-electron chi connectivity index (χ4n) is 2.58. The van der Waals surface area contributed by atoms with Gasteiger partial charge in [-0.25, -0.2) is 0 Å². The van der Waals surface area contributed by atoms with Crippen LogP contribution >= 0.6 is 0 Å². The van der Waals surface area contributed by atoms with Gasteiger partial charge in [-0.1, -0.05) is 42.5 Å². The molecule has 0 aliphatic heterocycles. The lowest BCUT2D eigenvalue weighted by Crippen LogP contribution is -2.45. The van der Waals surface area contributed by atoms with Gasteiger partial charge in [0.25, 0.3) is 0 Å². The number of carbonyl (C=O) groups is 1. The summed E-state index contributed by atoms with van der Waals surface area (Å²) in [6.45, 7) is 7.94. The van der Waals surface area contributed by atoms with Crippen molar-refractivity contribution in [2.24, 2.45) is 0 Å². The standard InChI is InChI=1S/C18H24N2O/c1-12(2)19-18(21)14(4)20-13(3)16-11-7-9-15-8-5-6-10-17(15)16/h5-14,20H,1-4H3,(H,19,21)/t13-,14+/m1/s1. The van der Waals surface area contributed by atoms with Crippen LogP contribution in [0, 0.1) is 0 Å². The molecule has 2 aromatic rings. The highest BCUT2D eigenvalue weighted by Gasteiger charge is 2.17. The van der Waals surface area contributed by atoms with E-state index in [1.165, 1.54) is 16.3 Å². The van der Waals surface area contributed by atoms with Crippen molar-refractivity contribution in [2.75, 3.05) is 0 Å². The van der Waals surface area contributed by atoms with E-state index in [-0.39, 0.29) is 24.0 Å². The van der Waals surface area contributed by atoms with E-state index >= 15 is 0 Å². The smallest absolute Gasteiger partial charge is 0.237 e. The molecule has 0 saturated heterocycles. The van der Waals surface area contributed by atoms with Crippen LogP contribution in [-0.2, 0) is 4.79 Å². The molecule has 112 valence electrons. The molecule has 0 spiro atoms. The van der Waals surface area contributed by atoms with Gasteiger partial charge in [-0.05, 0) is 44.0 Å². The topological polar surface area (TPSA) is 41.1 Å². The SMILES string of the molecule is CC(C)NC(=O)[C@H](C)N[C@H](C)c1cccc2ccccc12. The maximum absolute atomic E-state index is 12.0. The third kappa shape index (κ3) is 3.82. The van der Waals surface area contributed by atoms with E-state index in [1.54, 1.807) is 0 Å². The quantitative estimate of drug-likeness (QED) is 0.883. The Balaban J connectivity index is 2.15. The zero-order chi connectivity index (χ0) is 15.4. The van der Waals surface area contributed by atoms with Crippen molar-refractivity contribution >= 4 is 16.7 Å². The molecule has 0 bridgehead atoms. The van der Waals surface area contributed by atoms with Crippen LogP contribution in [0.4, 0.5) is 0 Å². The fraction of sp³-hybridized carbons (Fsp3) is 0.389. The summed E-state index contributed by atoms with van der Waals surface area (Å²) in [5.41, 5.74) is 1.22. The van der Waals surface area contributed by atoms with Gasteiger partial charge in [0.1, 0.15) is 0 Å². The number of amides is 1. The van der Waals surface area contributed by atoms with Crippen LogP contribution in [-0.4, -0.2) is 18.0 Å². The van der Waals surface area contributed by atoms with E-state index in [9.17, 15) is 4.79 Å². The number of hydrogen-bond acceptors (Lipinski definition) is 2. The Labute approximate surface area is 126 Å². The van der Waals surface area contributed by atoms with E-state index in [1.807, 2.05) is 32.9 Å². The molecule has 0 heterocycles. The predicted octanol–water partition coefficient (Wildman–Crippen LogP) is 3.40. The number of benzene rings is 2. The normalized spacial score (nSPS) is 14.1. The first-order valence-electron chi connectivity index (χ1n) is 7.53. The van der Waals surface area contributed by atoms with Gasteiger partial charge >= 0.3 is 0 Å². The lowest BCUT2D eigenvalue weighted by molar-refractivity contribution is -0.123. The largest absolute Gasteiger partial charge is 0.353 e. The molecular formula is C18H24N2O. The van der Waals surface area contributed by atoms with Gasteiger partial charge in [0.15, 0.2) is 0 Å². The van der Waals surface area contributed by atoms with Crippen molar-refractivity contribution in [1.29, 1.82) is 0 Å². The molecule has 3 heteroatoms. The summed E-state index contributed by atoms with van der Waals surface area (Å²) < 4.78 is 0. The maximum Gasteiger partial charge on any atom is 0.237 e. The van der Waals surface area contributed by atoms with Gasteiger partial charge in [-0.2, -0.15) is 0 Å². The summed E-state index contributed by atoms with van der Waals surface area (Å²) in [5, 5.41) is 8.77. The zero-order valence-electron chi connectivity index (χ0n) is 13.2. The minimum Gasteiger partial charge on any atom is -0.353 e. The molecule has 21 heavy (non-hydrogen) atoms. The molecule has 0 radical (unpaired) electrons. The van der Waals surface area contributed by atoms with Gasteiger partial charge in [0.05, 0.1) is 6.04 Å². The van der Waals surface area contributed by atoms with Crippen molar-refractivity contribution in [3.63, 3.8) is 0 Å². The number of carbonyl (C=O) groups excluding carboxylic acids is 1. The van der Waals surface area contributed by atoms with E-state index < -0.39 is 0 Å². The van der Waals surface area contributed by atoms with Gasteiger partial charge in [-0.15, -0.1) is 0 Å². The second-order valence-electron chi connectivity index (χ2n) is 5.84. The summed E-state index contributed by atoms with van der Waals surface area (Å²) in [6.07, 6.45) is 0. The highest BCUT2D eigenvalue weighted by Crippen LogP contribution is 2.24. The fourth-order valence-corrected chi connectivity index (χ4v) is 2.58. The molecule has 0 unspecified atom stereocenters. The first-order chi connectivity index (χ1) is 9.99. The molecular weight excluding hydrogens is 260 g/mol. The molecule has 2 aromatic carbocycles. The third-order valence-electron chi connectivity index (χ3n) is 3.61. The number of fused-ring (bicyclic) bond motifs is 1. The number of nitrogens with one attached hydrogen (secondary N) is 2. The van der Waals surface area contributed by atoms with Crippen LogP contribution in [0.2, 0.25) is 0 Å². The number of hydrogen-bond donors (Lipinski definition) is 2. The minimum absolute atomic E-state index is 0.0390. The first kappa shape index (κ1) is 15.5. The first-order valence-corrected chi connectivity index (χ1v) is 7.53. The molecule has 2 rings (SSSR count). The molecule has 2 atom stereocenters. The molecule has 0 aliphatic carbocycles. The molecule has 0 aromatic heterocycles. The van der Waals surface area contributed by atoms with E-state index in [0.29, 0.717) is 0 Å².